The highest BCUT2D eigenvalue weighted by molar-refractivity contribution is 7.99. The van der Waals surface area contributed by atoms with Crippen molar-refractivity contribution < 1.29 is 4.79 Å². The average molecular weight is 206 g/mol. The summed E-state index contributed by atoms with van der Waals surface area (Å²) >= 11 is 1.99. The maximum atomic E-state index is 10.9. The number of thioether (sulfide) groups is 1. The minimum atomic E-state index is 0.546. The molecule has 1 saturated heterocycles. The van der Waals surface area contributed by atoms with Crippen molar-refractivity contribution in [3.05, 3.63) is 35.4 Å². The molecule has 0 radical (unpaired) electrons. The van der Waals surface area contributed by atoms with Gasteiger partial charge in [-0.25, -0.2) is 0 Å². The third kappa shape index (κ3) is 2.01. The molecule has 0 N–H and O–H groups in total. The Morgan fingerprint density at radius 1 is 1.29 bits per heavy atom. The van der Waals surface area contributed by atoms with Crippen LogP contribution in [0.3, 0.4) is 0 Å². The van der Waals surface area contributed by atoms with Crippen LogP contribution in [0.1, 0.15) is 40.4 Å². The van der Waals surface area contributed by atoms with Crippen LogP contribution in [-0.4, -0.2) is 12.0 Å². The molecule has 0 aliphatic carbocycles. The van der Waals surface area contributed by atoms with E-state index in [4.69, 9.17) is 0 Å². The second-order valence-electron chi connectivity index (χ2n) is 3.60. The van der Waals surface area contributed by atoms with Gasteiger partial charge in [0.05, 0.1) is 0 Å². The van der Waals surface area contributed by atoms with Gasteiger partial charge >= 0.3 is 0 Å². The topological polar surface area (TPSA) is 17.1 Å². The Kier molecular flexibility index (Phi) is 3.25. The molecule has 1 unspecified atom stereocenters. The molecule has 0 spiro atoms. The summed E-state index contributed by atoms with van der Waals surface area (Å²) in [5, 5.41) is 0.546. The summed E-state index contributed by atoms with van der Waals surface area (Å²) in [6.07, 6.45) is 4.81. The van der Waals surface area contributed by atoms with Gasteiger partial charge in [-0.1, -0.05) is 30.7 Å². The Morgan fingerprint density at radius 2 is 2.14 bits per heavy atom. The van der Waals surface area contributed by atoms with Gasteiger partial charge in [0, 0.05) is 10.8 Å². The largest absolute Gasteiger partial charge is 0.298 e. The lowest BCUT2D eigenvalue weighted by molar-refractivity contribution is 0.112. The van der Waals surface area contributed by atoms with E-state index in [-0.39, 0.29) is 0 Å². The third-order valence-electron chi connectivity index (χ3n) is 2.65. The molecule has 1 atom stereocenters. The summed E-state index contributed by atoms with van der Waals surface area (Å²) in [5.74, 6) is 1.23. The lowest BCUT2D eigenvalue weighted by Crippen LogP contribution is -2.04. The summed E-state index contributed by atoms with van der Waals surface area (Å²) in [7, 11) is 0. The Labute approximate surface area is 88.9 Å². The number of rotatable bonds is 2. The van der Waals surface area contributed by atoms with Gasteiger partial charge < -0.3 is 0 Å². The Balaban J connectivity index is 2.24. The number of benzene rings is 1. The molecule has 1 fully saturated rings. The number of carbonyl (C=O) groups is 1. The van der Waals surface area contributed by atoms with Crippen molar-refractivity contribution in [1.82, 2.24) is 0 Å². The minimum Gasteiger partial charge on any atom is -0.298 e. The summed E-state index contributed by atoms with van der Waals surface area (Å²) in [6, 6.07) is 7.96. The summed E-state index contributed by atoms with van der Waals surface area (Å²) in [6.45, 7) is 0. The van der Waals surface area contributed by atoms with Gasteiger partial charge in [0.1, 0.15) is 6.29 Å². The molecule has 0 amide bonds. The van der Waals surface area contributed by atoms with E-state index in [0.717, 1.165) is 11.8 Å². The molecule has 1 aliphatic heterocycles. The van der Waals surface area contributed by atoms with Crippen molar-refractivity contribution >= 4 is 18.0 Å². The first-order valence-electron chi connectivity index (χ1n) is 5.07. The van der Waals surface area contributed by atoms with Crippen molar-refractivity contribution in [2.24, 2.45) is 0 Å². The molecule has 1 aromatic carbocycles. The number of hydrogen-bond donors (Lipinski definition) is 0. The van der Waals surface area contributed by atoms with Gasteiger partial charge in [-0.05, 0) is 24.2 Å². The van der Waals surface area contributed by atoms with Crippen molar-refractivity contribution in [3.8, 4) is 0 Å². The average Bonchev–Trinajstić information content (AvgIpc) is 2.30. The molecule has 2 heteroatoms. The lowest BCUT2D eigenvalue weighted by Gasteiger charge is -2.22. The SMILES string of the molecule is O=Cc1ccccc1C1CCCCS1. The minimum absolute atomic E-state index is 0.546. The standard InChI is InChI=1S/C12H14OS/c13-9-10-5-1-2-6-11(10)12-7-3-4-8-14-12/h1-2,5-6,9,12H,3-4,7-8H2. The van der Waals surface area contributed by atoms with Gasteiger partial charge in [-0.15, -0.1) is 0 Å². The predicted octanol–water partition coefficient (Wildman–Crippen LogP) is 3.46. The van der Waals surface area contributed by atoms with Crippen LogP contribution in [0.15, 0.2) is 24.3 Å². The van der Waals surface area contributed by atoms with Gasteiger partial charge in [-0.3, -0.25) is 4.79 Å². The predicted molar refractivity (Wildman–Crippen MR) is 60.9 cm³/mol. The molecule has 1 aromatic rings. The van der Waals surface area contributed by atoms with Crippen molar-refractivity contribution in [3.63, 3.8) is 0 Å². The zero-order chi connectivity index (χ0) is 9.80. The fraction of sp³-hybridized carbons (Fsp3) is 0.417. The highest BCUT2D eigenvalue weighted by atomic mass is 32.2. The smallest absolute Gasteiger partial charge is 0.150 e. The highest BCUT2D eigenvalue weighted by Gasteiger charge is 2.17. The molecule has 2 rings (SSSR count). The number of hydrogen-bond acceptors (Lipinski definition) is 2. The molecule has 74 valence electrons. The van der Waals surface area contributed by atoms with Crippen LogP contribution in [0.5, 0.6) is 0 Å². The summed E-state index contributed by atoms with van der Waals surface area (Å²) < 4.78 is 0. The van der Waals surface area contributed by atoms with E-state index in [9.17, 15) is 4.79 Å². The summed E-state index contributed by atoms with van der Waals surface area (Å²) in [5.41, 5.74) is 2.10. The van der Waals surface area contributed by atoms with Crippen molar-refractivity contribution in [2.75, 3.05) is 5.75 Å². The van der Waals surface area contributed by atoms with Gasteiger partial charge in [0.25, 0.3) is 0 Å². The van der Waals surface area contributed by atoms with Crippen molar-refractivity contribution in [1.29, 1.82) is 0 Å². The molecule has 1 nitrogen and oxygen atoms in total. The molecular formula is C12H14OS. The molecule has 1 aliphatic rings. The van der Waals surface area contributed by atoms with Crippen LogP contribution in [0, 0.1) is 0 Å². The first-order valence-corrected chi connectivity index (χ1v) is 6.12. The molecule has 14 heavy (non-hydrogen) atoms. The lowest BCUT2D eigenvalue weighted by atomic mass is 10.0. The van der Waals surface area contributed by atoms with E-state index >= 15 is 0 Å². The molecular weight excluding hydrogens is 192 g/mol. The molecule has 0 saturated carbocycles. The van der Waals surface area contributed by atoms with E-state index in [0.29, 0.717) is 5.25 Å². The van der Waals surface area contributed by atoms with Gasteiger partial charge in [0.2, 0.25) is 0 Å². The maximum Gasteiger partial charge on any atom is 0.150 e. The van der Waals surface area contributed by atoms with E-state index in [2.05, 4.69) is 6.07 Å². The van der Waals surface area contributed by atoms with Crippen LogP contribution in [0.4, 0.5) is 0 Å². The zero-order valence-electron chi connectivity index (χ0n) is 8.11. The van der Waals surface area contributed by atoms with Crippen molar-refractivity contribution in [2.45, 2.75) is 24.5 Å². The first-order chi connectivity index (χ1) is 6.92. The Hall–Kier alpha value is -0.760. The summed E-state index contributed by atoms with van der Waals surface area (Å²) in [4.78, 5) is 10.9. The molecule has 0 aromatic heterocycles. The second kappa shape index (κ2) is 4.65. The molecule has 1 heterocycles. The highest BCUT2D eigenvalue weighted by Crippen LogP contribution is 2.39. The maximum absolute atomic E-state index is 10.9. The second-order valence-corrected chi connectivity index (χ2v) is 4.91. The van der Waals surface area contributed by atoms with Crippen LogP contribution < -0.4 is 0 Å². The number of aldehydes is 1. The van der Waals surface area contributed by atoms with E-state index < -0.39 is 0 Å². The Bertz CT molecular complexity index is 316. The van der Waals surface area contributed by atoms with Crippen LogP contribution in [-0.2, 0) is 0 Å². The van der Waals surface area contributed by atoms with E-state index in [1.165, 1.54) is 30.6 Å². The van der Waals surface area contributed by atoms with Crippen LogP contribution in [0.2, 0.25) is 0 Å². The number of carbonyl (C=O) groups excluding carboxylic acids is 1. The van der Waals surface area contributed by atoms with Crippen LogP contribution in [0.25, 0.3) is 0 Å². The fourth-order valence-corrected chi connectivity index (χ4v) is 3.28. The fourth-order valence-electron chi connectivity index (χ4n) is 1.90. The first kappa shape index (κ1) is 9.78. The van der Waals surface area contributed by atoms with E-state index in [1.54, 1.807) is 0 Å². The molecule has 0 bridgehead atoms. The quantitative estimate of drug-likeness (QED) is 0.689. The normalized spacial score (nSPS) is 21.9. The third-order valence-corrected chi connectivity index (χ3v) is 4.07. The zero-order valence-corrected chi connectivity index (χ0v) is 8.93. The van der Waals surface area contributed by atoms with Gasteiger partial charge in [0.15, 0.2) is 0 Å². The monoisotopic (exact) mass is 206 g/mol. The Morgan fingerprint density at radius 3 is 2.86 bits per heavy atom. The van der Waals surface area contributed by atoms with Gasteiger partial charge in [-0.2, -0.15) is 11.8 Å². The van der Waals surface area contributed by atoms with Crippen LogP contribution >= 0.6 is 11.8 Å². The van der Waals surface area contributed by atoms with E-state index in [1.807, 2.05) is 30.0 Å².